The van der Waals surface area contributed by atoms with E-state index in [4.69, 9.17) is 21.4 Å². The van der Waals surface area contributed by atoms with E-state index in [1.54, 1.807) is 24.0 Å². The highest BCUT2D eigenvalue weighted by Gasteiger charge is 2.38. The number of fused-ring (bicyclic) bond motifs is 1. The molecule has 0 radical (unpaired) electrons. The average Bonchev–Trinajstić information content (AvgIpc) is 3.05. The van der Waals surface area contributed by atoms with Crippen LogP contribution in [0.4, 0.5) is 23.2 Å². The van der Waals surface area contributed by atoms with Gasteiger partial charge in [0.05, 0.1) is 23.0 Å². The zero-order valence-electron chi connectivity index (χ0n) is 28.6. The molecule has 3 rings (SSSR count). The summed E-state index contributed by atoms with van der Waals surface area (Å²) in [4.78, 5) is 89.0. The van der Waals surface area contributed by atoms with E-state index in [1.807, 2.05) is 6.92 Å². The van der Waals surface area contributed by atoms with Gasteiger partial charge in [0, 0.05) is 25.1 Å². The summed E-state index contributed by atoms with van der Waals surface area (Å²) >= 11 is 0. The first-order valence-electron chi connectivity index (χ1n) is 15.7. The molecule has 0 aliphatic heterocycles. The van der Waals surface area contributed by atoms with Gasteiger partial charge < -0.3 is 40.9 Å². The van der Waals surface area contributed by atoms with E-state index < -0.39 is 78.2 Å². The minimum absolute atomic E-state index is 0.00705. The molecule has 290 valence electrons. The van der Waals surface area contributed by atoms with Crippen molar-refractivity contribution < 1.29 is 66.8 Å². The number of hydrogen-bond acceptors (Lipinski definition) is 9. The van der Waals surface area contributed by atoms with E-state index in [1.165, 1.54) is 6.07 Å². The Bertz CT molecular complexity index is 2010. The Balaban J connectivity index is 0.00000131. The zero-order valence-corrected chi connectivity index (χ0v) is 28.6. The lowest BCUT2D eigenvalue weighted by atomic mass is 10.0. The van der Waals surface area contributed by atoms with Gasteiger partial charge in [-0.05, 0) is 74.6 Å². The number of benzene rings is 2. The fourth-order valence-electron chi connectivity index (χ4n) is 4.81. The van der Waals surface area contributed by atoms with E-state index in [-0.39, 0.29) is 37.9 Å². The third kappa shape index (κ3) is 13.2. The molecule has 1 aromatic heterocycles. The maximum Gasteiger partial charge on any atom is 0.490 e. The predicted octanol–water partition coefficient (Wildman–Crippen LogP) is 2.74. The van der Waals surface area contributed by atoms with Crippen LogP contribution in [0, 0.1) is 32.0 Å². The summed E-state index contributed by atoms with van der Waals surface area (Å²) in [6.45, 7) is 3.75. The first-order chi connectivity index (χ1) is 25.1. The van der Waals surface area contributed by atoms with Gasteiger partial charge >= 0.3 is 30.1 Å². The molecule has 0 saturated heterocycles. The number of aliphatic carboxylic acids is 4. The van der Waals surface area contributed by atoms with Gasteiger partial charge in [-0.3, -0.25) is 19.2 Å². The minimum atomic E-state index is -5.08. The molecule has 0 saturated carbocycles. The number of nitrogens with one attached hydrogen (secondary N) is 3. The van der Waals surface area contributed by atoms with Crippen LogP contribution in [0.25, 0.3) is 10.9 Å². The fourth-order valence-corrected chi connectivity index (χ4v) is 4.81. The highest BCUT2D eigenvalue weighted by molar-refractivity contribution is 5.97. The number of carboxylic acid groups (broad SMARTS) is 4. The number of nitrogens with zero attached hydrogens (tertiary/aromatic N) is 2. The van der Waals surface area contributed by atoms with Crippen LogP contribution in [0.5, 0.6) is 0 Å². The third-order valence-electron chi connectivity index (χ3n) is 7.51. The molecular weight excluding hydrogens is 730 g/mol. The second kappa shape index (κ2) is 19.4. The van der Waals surface area contributed by atoms with Gasteiger partial charge in [0.25, 0.3) is 11.5 Å². The number of amides is 2. The molecule has 54 heavy (non-hydrogen) atoms. The minimum Gasteiger partial charge on any atom is -0.481 e. The van der Waals surface area contributed by atoms with E-state index in [2.05, 4.69) is 26.5 Å². The van der Waals surface area contributed by atoms with Gasteiger partial charge in [-0.15, -0.1) is 6.42 Å². The summed E-state index contributed by atoms with van der Waals surface area (Å²) in [5.74, 6) is -6.66. The summed E-state index contributed by atoms with van der Waals surface area (Å²) in [5, 5.41) is 39.4. The first-order valence-corrected chi connectivity index (χ1v) is 15.7. The number of alkyl halides is 3. The zero-order chi connectivity index (χ0) is 40.9. The lowest BCUT2D eigenvalue weighted by Gasteiger charge is -2.24. The number of carbonyl (C=O) groups is 6. The van der Waals surface area contributed by atoms with Crippen LogP contribution >= 0.6 is 0 Å². The van der Waals surface area contributed by atoms with E-state index in [9.17, 15) is 52.2 Å². The summed E-state index contributed by atoms with van der Waals surface area (Å²) in [6.07, 6.45) is -0.901. The Labute approximate surface area is 303 Å². The van der Waals surface area contributed by atoms with Gasteiger partial charge in [0.2, 0.25) is 5.91 Å². The van der Waals surface area contributed by atoms with Gasteiger partial charge in [0.1, 0.15) is 23.7 Å². The molecule has 2 aromatic carbocycles. The highest BCUT2D eigenvalue weighted by Crippen LogP contribution is 2.24. The number of halogens is 4. The highest BCUT2D eigenvalue weighted by atomic mass is 19.4. The van der Waals surface area contributed by atoms with Crippen LogP contribution in [-0.2, 0) is 30.5 Å². The van der Waals surface area contributed by atoms with Crippen molar-refractivity contribution in [2.75, 3.05) is 11.4 Å². The van der Waals surface area contributed by atoms with Gasteiger partial charge in [-0.1, -0.05) is 5.92 Å². The normalized spacial score (nSPS) is 11.9. The quantitative estimate of drug-likeness (QED) is 0.0819. The van der Waals surface area contributed by atoms with Crippen molar-refractivity contribution >= 4 is 52.3 Å². The number of H-pyrrole nitrogens is 1. The van der Waals surface area contributed by atoms with E-state index in [0.29, 0.717) is 22.4 Å². The van der Waals surface area contributed by atoms with E-state index >= 15 is 4.39 Å². The standard InChI is InChI=1S/C32H34FN5O9.C2HF3O2/c1-4-12-38(16-19-14-22-26(13-17(19)2)34-18(3)35-30(22)43)20-8-9-21(23(33)15-20)29(42)37-25(32(46)47)10-11-27(39)36-24(31(44)45)6-5-7-28(40)41;3-2(4,5)1(6)7/h1,8-9,13-15,24-25H,5-7,10-12,16H2,2-3H3,(H,36,39)(H,37,42)(H,40,41)(H,44,45)(H,46,47)(H,34,35,43);(H,6,7)/t24-,25+;/m1./s1. The number of hydrogen-bond donors (Lipinski definition) is 7. The molecule has 1 heterocycles. The van der Waals surface area contributed by atoms with Crippen LogP contribution in [0.15, 0.2) is 35.1 Å². The SMILES string of the molecule is C#CCN(Cc1cc2c(=O)[nH]c(C)nc2cc1C)c1ccc(C(=O)N[C@@H](CCC(=O)N[C@H](CCCC(=O)O)C(=O)O)C(=O)O)c(F)c1.O=C(O)C(F)(F)F. The maximum atomic E-state index is 15.3. The maximum absolute atomic E-state index is 15.3. The van der Waals surface area contributed by atoms with Crippen LogP contribution in [-0.4, -0.2) is 90.9 Å². The number of aryl methyl sites for hydroxylation is 2. The van der Waals surface area contributed by atoms with Crippen molar-refractivity contribution in [1.82, 2.24) is 20.6 Å². The molecule has 7 N–H and O–H groups in total. The molecule has 2 atom stereocenters. The van der Waals surface area contributed by atoms with E-state index in [0.717, 1.165) is 23.3 Å². The van der Waals surface area contributed by atoms with Crippen molar-refractivity contribution in [1.29, 1.82) is 0 Å². The fraction of sp³-hybridized carbons (Fsp3) is 0.353. The van der Waals surface area contributed by atoms with Crippen molar-refractivity contribution in [2.24, 2.45) is 0 Å². The first kappa shape index (κ1) is 43.6. The second-order valence-corrected chi connectivity index (χ2v) is 11.6. The summed E-state index contributed by atoms with van der Waals surface area (Å²) in [6, 6.07) is 4.13. The molecule has 3 aromatic rings. The lowest BCUT2D eigenvalue weighted by molar-refractivity contribution is -0.192. The molecular formula is C34H35F4N5O11. The summed E-state index contributed by atoms with van der Waals surface area (Å²) < 4.78 is 47.0. The molecule has 0 unspecified atom stereocenters. The molecule has 0 fully saturated rings. The lowest BCUT2D eigenvalue weighted by Crippen LogP contribution is -2.44. The molecule has 0 aliphatic carbocycles. The average molecular weight is 766 g/mol. The Hall–Kier alpha value is -6.52. The van der Waals surface area contributed by atoms with Gasteiger partial charge in [0.15, 0.2) is 0 Å². The number of carboxylic acids is 4. The summed E-state index contributed by atoms with van der Waals surface area (Å²) in [5.41, 5.74) is 1.61. The topological polar surface area (TPSA) is 256 Å². The summed E-state index contributed by atoms with van der Waals surface area (Å²) in [7, 11) is 0. The van der Waals surface area contributed by atoms with Crippen LogP contribution in [0.1, 0.15) is 59.4 Å². The van der Waals surface area contributed by atoms with Crippen molar-refractivity contribution in [3.05, 3.63) is 69.0 Å². The van der Waals surface area contributed by atoms with Crippen LogP contribution in [0.3, 0.4) is 0 Å². The number of rotatable bonds is 16. The largest absolute Gasteiger partial charge is 0.490 e. The molecule has 0 aliphatic rings. The molecule has 2 amide bonds. The number of carbonyl (C=O) groups excluding carboxylic acids is 2. The number of aromatic amines is 1. The van der Waals surface area contributed by atoms with Gasteiger partial charge in [-0.2, -0.15) is 13.2 Å². The Kier molecular flexibility index (Phi) is 15.6. The monoisotopic (exact) mass is 765 g/mol. The van der Waals surface area contributed by atoms with Crippen molar-refractivity contribution in [2.45, 2.75) is 70.8 Å². The second-order valence-electron chi connectivity index (χ2n) is 11.6. The Morgan fingerprint density at radius 3 is 2.09 bits per heavy atom. The Morgan fingerprint density at radius 1 is 0.944 bits per heavy atom. The number of aromatic nitrogens is 2. The van der Waals surface area contributed by atoms with Crippen molar-refractivity contribution in [3.8, 4) is 12.3 Å². The number of anilines is 1. The molecule has 0 bridgehead atoms. The smallest absolute Gasteiger partial charge is 0.481 e. The molecule has 0 spiro atoms. The van der Waals surface area contributed by atoms with Crippen LogP contribution < -0.4 is 21.1 Å². The van der Waals surface area contributed by atoms with Crippen LogP contribution in [0.2, 0.25) is 0 Å². The predicted molar refractivity (Wildman–Crippen MR) is 181 cm³/mol. The Morgan fingerprint density at radius 2 is 1.56 bits per heavy atom. The number of terminal acetylenes is 1. The van der Waals surface area contributed by atoms with Crippen molar-refractivity contribution in [3.63, 3.8) is 0 Å². The molecule has 20 heteroatoms. The van der Waals surface area contributed by atoms with Gasteiger partial charge in [-0.25, -0.2) is 23.8 Å². The molecule has 16 nitrogen and oxygen atoms in total. The third-order valence-corrected chi connectivity index (χ3v) is 7.51.